The number of benzene rings is 2. The Kier molecular flexibility index (Phi) is 7.00. The van der Waals surface area contributed by atoms with Crippen LogP contribution in [0, 0.1) is 11.6 Å². The second-order valence-corrected chi connectivity index (χ2v) is 6.22. The molecule has 1 amide bonds. The number of esters is 1. The number of hydrogen-bond acceptors (Lipinski definition) is 4. The molecule has 0 unspecified atom stereocenters. The molecule has 0 spiro atoms. The van der Waals surface area contributed by atoms with Crippen molar-refractivity contribution >= 4 is 17.6 Å². The van der Waals surface area contributed by atoms with Crippen molar-refractivity contribution in [2.45, 2.75) is 24.9 Å². The molecule has 2 aromatic carbocycles. The van der Waals surface area contributed by atoms with E-state index < -0.39 is 64.9 Å². The second kappa shape index (κ2) is 9.01. The summed E-state index contributed by atoms with van der Waals surface area (Å²) in [5, 5.41) is 2.64. The van der Waals surface area contributed by atoms with Gasteiger partial charge in [-0.25, -0.2) is 13.6 Å². The molecule has 2 aromatic rings. The Morgan fingerprint density at radius 2 is 1.50 bits per heavy atom. The van der Waals surface area contributed by atoms with Crippen molar-refractivity contribution in [2.24, 2.45) is 0 Å². The lowest BCUT2D eigenvalue weighted by atomic mass is 10.1. The molecule has 32 heavy (non-hydrogen) atoms. The summed E-state index contributed by atoms with van der Waals surface area (Å²) < 4.78 is 113. The maximum Gasteiger partial charge on any atom is 0.441 e. The third-order valence-corrected chi connectivity index (χ3v) is 4.02. The summed E-state index contributed by atoms with van der Waals surface area (Å²) in [6.07, 6.45) is -10.7. The Bertz CT molecular complexity index is 987. The first-order chi connectivity index (χ1) is 14.7. The highest BCUT2D eigenvalue weighted by Crippen LogP contribution is 2.36. The molecule has 174 valence electrons. The van der Waals surface area contributed by atoms with E-state index in [9.17, 15) is 44.7 Å². The highest BCUT2D eigenvalue weighted by molar-refractivity contribution is 6.00. The van der Waals surface area contributed by atoms with Crippen molar-refractivity contribution in [2.75, 3.05) is 11.9 Å². The van der Waals surface area contributed by atoms with E-state index in [1.807, 2.05) is 0 Å². The Balaban J connectivity index is 2.62. The van der Waals surface area contributed by atoms with Crippen molar-refractivity contribution in [3.8, 4) is 0 Å². The average molecular weight is 470 g/mol. The van der Waals surface area contributed by atoms with E-state index >= 15 is 0 Å². The number of halogens is 8. The van der Waals surface area contributed by atoms with Gasteiger partial charge in [0.05, 0.1) is 12.2 Å². The molecule has 0 fully saturated rings. The van der Waals surface area contributed by atoms with E-state index in [1.165, 1.54) is 5.32 Å². The normalized spacial score (nSPS) is 13.8. The summed E-state index contributed by atoms with van der Waals surface area (Å²) in [7, 11) is 0. The van der Waals surface area contributed by atoms with Gasteiger partial charge in [0.15, 0.2) is 0 Å². The van der Waals surface area contributed by atoms with Crippen LogP contribution in [0.4, 0.5) is 40.8 Å². The predicted octanol–water partition coefficient (Wildman–Crippen LogP) is 4.65. The minimum absolute atomic E-state index is 0.246. The van der Waals surface area contributed by atoms with E-state index in [0.717, 1.165) is 30.4 Å². The molecule has 2 rings (SSSR count). The molecule has 0 aliphatic carbocycles. The van der Waals surface area contributed by atoms with Crippen molar-refractivity contribution in [3.05, 3.63) is 65.2 Å². The first-order valence-corrected chi connectivity index (χ1v) is 8.69. The lowest BCUT2D eigenvalue weighted by molar-refractivity contribution is -0.204. The molecule has 0 radical (unpaired) electrons. The first kappa shape index (κ1) is 24.9. The second-order valence-electron chi connectivity index (χ2n) is 6.22. The number of carbonyl (C=O) groups is 2. The Morgan fingerprint density at radius 1 is 0.938 bits per heavy atom. The Hall–Kier alpha value is -3.38. The van der Waals surface area contributed by atoms with E-state index in [-0.39, 0.29) is 6.07 Å². The van der Waals surface area contributed by atoms with Crippen molar-refractivity contribution < 1.29 is 49.4 Å². The Labute approximate surface area is 175 Å². The fourth-order valence-corrected chi connectivity index (χ4v) is 2.57. The molecule has 0 bridgehead atoms. The van der Waals surface area contributed by atoms with Crippen molar-refractivity contribution in [3.63, 3.8) is 0 Å². The molecule has 1 atom stereocenters. The van der Waals surface area contributed by atoms with Crippen LogP contribution in [0.5, 0.6) is 0 Å². The van der Waals surface area contributed by atoms with Crippen LogP contribution in [0.25, 0.3) is 0 Å². The van der Waals surface area contributed by atoms with Gasteiger partial charge in [0, 0.05) is 5.69 Å². The van der Waals surface area contributed by atoms with Crippen LogP contribution in [0.3, 0.4) is 0 Å². The molecule has 2 N–H and O–H groups in total. The molecular weight excluding hydrogens is 456 g/mol. The van der Waals surface area contributed by atoms with Crippen LogP contribution < -0.4 is 10.6 Å². The van der Waals surface area contributed by atoms with Crippen LogP contribution in [0.1, 0.15) is 22.8 Å². The van der Waals surface area contributed by atoms with Gasteiger partial charge < -0.3 is 15.4 Å². The summed E-state index contributed by atoms with van der Waals surface area (Å²) in [5.41, 5.74) is -7.89. The number of amides is 1. The van der Waals surface area contributed by atoms with Gasteiger partial charge in [0.2, 0.25) is 0 Å². The molecule has 0 aromatic heterocycles. The number of ether oxygens (including phenoxy) is 1. The molecule has 0 saturated heterocycles. The maximum atomic E-state index is 14.1. The van der Waals surface area contributed by atoms with E-state index in [0.29, 0.717) is 18.2 Å². The minimum atomic E-state index is -5.73. The largest absolute Gasteiger partial charge is 0.463 e. The Morgan fingerprint density at radius 3 is 2.00 bits per heavy atom. The fourth-order valence-electron chi connectivity index (χ4n) is 2.57. The molecular formula is C19H14F8N2O3. The van der Waals surface area contributed by atoms with Gasteiger partial charge in [0.25, 0.3) is 5.91 Å². The number of carbonyl (C=O) groups excluding carboxylic acids is 2. The van der Waals surface area contributed by atoms with Gasteiger partial charge in [-0.05, 0) is 37.3 Å². The van der Waals surface area contributed by atoms with E-state index in [4.69, 9.17) is 0 Å². The zero-order valence-corrected chi connectivity index (χ0v) is 16.0. The van der Waals surface area contributed by atoms with Gasteiger partial charge in [-0.15, -0.1) is 0 Å². The standard InChI is InChI=1S/C19H14F8N2O3/c1-2-32-16(31)17(19(25,26)27,28-11-6-3-5-10(9-11)18(22,23)24)29-15(30)14-12(20)7-4-8-13(14)21/h3-9,28H,2H2,1H3,(H,29,30)/t17-/m1/s1. The lowest BCUT2D eigenvalue weighted by Crippen LogP contribution is -2.69. The number of hydrogen-bond donors (Lipinski definition) is 2. The number of anilines is 1. The maximum absolute atomic E-state index is 14.1. The summed E-state index contributed by atoms with van der Waals surface area (Å²) in [6, 6.07) is 4.30. The van der Waals surface area contributed by atoms with Crippen LogP contribution in [0.15, 0.2) is 42.5 Å². The van der Waals surface area contributed by atoms with Gasteiger partial charge in [-0.2, -0.15) is 26.3 Å². The first-order valence-electron chi connectivity index (χ1n) is 8.69. The van der Waals surface area contributed by atoms with Crippen LogP contribution >= 0.6 is 0 Å². The summed E-state index contributed by atoms with van der Waals surface area (Å²) >= 11 is 0. The summed E-state index contributed by atoms with van der Waals surface area (Å²) in [5.74, 6) is -7.26. The zero-order valence-electron chi connectivity index (χ0n) is 16.0. The summed E-state index contributed by atoms with van der Waals surface area (Å²) in [4.78, 5) is 24.7. The number of rotatable bonds is 6. The highest BCUT2D eigenvalue weighted by atomic mass is 19.4. The van der Waals surface area contributed by atoms with Crippen molar-refractivity contribution in [1.29, 1.82) is 0 Å². The molecule has 0 heterocycles. The minimum Gasteiger partial charge on any atom is -0.463 e. The van der Waals surface area contributed by atoms with E-state index in [1.54, 1.807) is 0 Å². The third kappa shape index (κ3) is 5.08. The monoisotopic (exact) mass is 470 g/mol. The summed E-state index contributed by atoms with van der Waals surface area (Å²) in [6.45, 7) is 0.506. The van der Waals surface area contributed by atoms with Crippen LogP contribution in [-0.4, -0.2) is 30.3 Å². The van der Waals surface area contributed by atoms with Crippen molar-refractivity contribution in [1.82, 2.24) is 5.32 Å². The van der Waals surface area contributed by atoms with Gasteiger partial charge in [-0.1, -0.05) is 12.1 Å². The van der Waals surface area contributed by atoms with Gasteiger partial charge in [0.1, 0.15) is 17.2 Å². The average Bonchev–Trinajstić information content (AvgIpc) is 2.66. The quantitative estimate of drug-likeness (QED) is 0.367. The fraction of sp³-hybridized carbons (Fsp3) is 0.263. The zero-order chi connectivity index (χ0) is 24.3. The molecule has 13 heteroatoms. The topological polar surface area (TPSA) is 67.4 Å². The number of nitrogens with one attached hydrogen (secondary N) is 2. The number of alkyl halides is 6. The van der Waals surface area contributed by atoms with Crippen LogP contribution in [-0.2, 0) is 15.7 Å². The van der Waals surface area contributed by atoms with E-state index in [2.05, 4.69) is 4.74 Å². The smallest absolute Gasteiger partial charge is 0.441 e. The van der Waals surface area contributed by atoms with Gasteiger partial charge in [-0.3, -0.25) is 4.79 Å². The molecule has 0 saturated carbocycles. The molecule has 5 nitrogen and oxygen atoms in total. The van der Waals surface area contributed by atoms with Gasteiger partial charge >= 0.3 is 24.0 Å². The molecule has 0 aliphatic rings. The van der Waals surface area contributed by atoms with Crippen LogP contribution in [0.2, 0.25) is 0 Å². The SMILES string of the molecule is CCOC(=O)[C@](NC(=O)c1c(F)cccc1F)(Nc1cccc(C(F)(F)F)c1)C(F)(F)F. The third-order valence-electron chi connectivity index (χ3n) is 4.02. The molecule has 0 aliphatic heterocycles. The highest BCUT2D eigenvalue weighted by Gasteiger charge is 2.64. The predicted molar refractivity (Wildman–Crippen MR) is 94.3 cm³/mol. The lowest BCUT2D eigenvalue weighted by Gasteiger charge is -2.35.